The Bertz CT molecular complexity index is 568. The third-order valence-electron chi connectivity index (χ3n) is 2.24. The molecule has 0 aliphatic heterocycles. The second kappa shape index (κ2) is 4.67. The molecule has 0 fully saturated rings. The molecule has 0 spiro atoms. The molecule has 1 amide bonds. The number of hydrogen-bond acceptors (Lipinski definition) is 2. The molecular weight excluding hydrogens is 289 g/mol. The van der Waals surface area contributed by atoms with Crippen molar-refractivity contribution in [2.75, 3.05) is 5.32 Å². The molecule has 17 heavy (non-hydrogen) atoms. The van der Waals surface area contributed by atoms with Crippen molar-refractivity contribution in [1.82, 2.24) is 10.2 Å². The van der Waals surface area contributed by atoms with Gasteiger partial charge < -0.3 is 5.32 Å². The average molecular weight is 298 g/mol. The summed E-state index contributed by atoms with van der Waals surface area (Å²) in [6.45, 7) is 1.82. The van der Waals surface area contributed by atoms with E-state index in [0.717, 1.165) is 5.56 Å². The Morgan fingerprint density at radius 3 is 2.88 bits per heavy atom. The quantitative estimate of drug-likeness (QED) is 0.895. The number of carbonyl (C=O) groups excluding carboxylic acids is 1. The second-order valence-corrected chi connectivity index (χ2v) is 4.36. The van der Waals surface area contributed by atoms with Gasteiger partial charge in [-0.25, -0.2) is 4.39 Å². The Morgan fingerprint density at radius 2 is 2.29 bits per heavy atom. The number of halogens is 2. The van der Waals surface area contributed by atoms with Gasteiger partial charge in [0.2, 0.25) is 0 Å². The van der Waals surface area contributed by atoms with Gasteiger partial charge in [-0.15, -0.1) is 0 Å². The SMILES string of the molecule is Cc1cn[nH]c1NC(=O)c1ccc(F)cc1Br. The van der Waals surface area contributed by atoms with E-state index in [1.807, 2.05) is 6.92 Å². The molecule has 0 saturated heterocycles. The maximum absolute atomic E-state index is 12.9. The molecule has 1 aromatic heterocycles. The third kappa shape index (κ3) is 2.52. The minimum absolute atomic E-state index is 0.329. The van der Waals surface area contributed by atoms with E-state index in [9.17, 15) is 9.18 Å². The van der Waals surface area contributed by atoms with E-state index >= 15 is 0 Å². The molecule has 2 rings (SSSR count). The molecule has 6 heteroatoms. The molecule has 88 valence electrons. The van der Waals surface area contributed by atoms with Crippen LogP contribution in [0.4, 0.5) is 10.2 Å². The van der Waals surface area contributed by atoms with Crippen molar-refractivity contribution < 1.29 is 9.18 Å². The van der Waals surface area contributed by atoms with E-state index in [1.165, 1.54) is 18.2 Å². The van der Waals surface area contributed by atoms with Crippen molar-refractivity contribution in [3.8, 4) is 0 Å². The molecule has 1 heterocycles. The van der Waals surface area contributed by atoms with Gasteiger partial charge >= 0.3 is 0 Å². The van der Waals surface area contributed by atoms with Gasteiger partial charge in [-0.1, -0.05) is 0 Å². The number of rotatable bonds is 2. The van der Waals surface area contributed by atoms with Crippen molar-refractivity contribution in [2.45, 2.75) is 6.92 Å². The average Bonchev–Trinajstić information content (AvgIpc) is 2.64. The van der Waals surface area contributed by atoms with E-state index in [0.29, 0.717) is 15.9 Å². The lowest BCUT2D eigenvalue weighted by Gasteiger charge is -2.05. The van der Waals surface area contributed by atoms with Crippen LogP contribution in [0.3, 0.4) is 0 Å². The summed E-state index contributed by atoms with van der Waals surface area (Å²) in [6.07, 6.45) is 1.61. The number of carbonyl (C=O) groups is 1. The predicted molar refractivity (Wildman–Crippen MR) is 65.4 cm³/mol. The number of amides is 1. The number of nitrogens with one attached hydrogen (secondary N) is 2. The Hall–Kier alpha value is -1.69. The molecule has 0 bridgehead atoms. The first-order valence-corrected chi connectivity index (χ1v) is 5.63. The molecule has 4 nitrogen and oxygen atoms in total. The highest BCUT2D eigenvalue weighted by molar-refractivity contribution is 9.10. The number of H-pyrrole nitrogens is 1. The van der Waals surface area contributed by atoms with Gasteiger partial charge in [-0.2, -0.15) is 5.10 Å². The van der Waals surface area contributed by atoms with E-state index < -0.39 is 5.82 Å². The second-order valence-electron chi connectivity index (χ2n) is 3.51. The van der Waals surface area contributed by atoms with Crippen molar-refractivity contribution in [1.29, 1.82) is 0 Å². The molecule has 0 aliphatic rings. The number of nitrogens with zero attached hydrogens (tertiary/aromatic N) is 1. The first-order valence-electron chi connectivity index (χ1n) is 4.84. The van der Waals surface area contributed by atoms with Crippen LogP contribution in [0.1, 0.15) is 15.9 Å². The third-order valence-corrected chi connectivity index (χ3v) is 2.90. The summed E-state index contributed by atoms with van der Waals surface area (Å²) in [7, 11) is 0. The monoisotopic (exact) mass is 297 g/mol. The standard InChI is InChI=1S/C11H9BrFN3O/c1-6-5-14-16-10(6)15-11(17)8-3-2-7(13)4-9(8)12/h2-5H,1H3,(H2,14,15,16,17). The summed E-state index contributed by atoms with van der Waals surface area (Å²) in [5.74, 6) is -0.193. The van der Waals surface area contributed by atoms with Crippen molar-refractivity contribution in [3.63, 3.8) is 0 Å². The molecule has 0 atom stereocenters. The van der Waals surface area contributed by atoms with Crippen molar-refractivity contribution in [3.05, 3.63) is 45.8 Å². The summed E-state index contributed by atoms with van der Waals surface area (Å²) < 4.78 is 13.3. The fourth-order valence-electron chi connectivity index (χ4n) is 1.33. The van der Waals surface area contributed by atoms with E-state index in [-0.39, 0.29) is 5.91 Å². The molecule has 0 saturated carbocycles. The van der Waals surface area contributed by atoms with Gasteiger partial charge in [0.1, 0.15) is 11.6 Å². The molecule has 2 aromatic rings. The van der Waals surface area contributed by atoms with E-state index in [4.69, 9.17) is 0 Å². The fourth-order valence-corrected chi connectivity index (χ4v) is 1.86. The van der Waals surface area contributed by atoms with Crippen LogP contribution in [0.15, 0.2) is 28.9 Å². The lowest BCUT2D eigenvalue weighted by molar-refractivity contribution is 0.102. The molecule has 0 aliphatic carbocycles. The Balaban J connectivity index is 2.23. The summed E-state index contributed by atoms with van der Waals surface area (Å²) in [4.78, 5) is 11.9. The first-order chi connectivity index (χ1) is 8.08. The van der Waals surface area contributed by atoms with Gasteiger partial charge in [-0.05, 0) is 41.1 Å². The zero-order valence-corrected chi connectivity index (χ0v) is 10.5. The summed E-state index contributed by atoms with van der Waals surface area (Å²) in [5, 5.41) is 9.12. The van der Waals surface area contributed by atoms with Gasteiger partial charge in [0, 0.05) is 10.0 Å². The maximum Gasteiger partial charge on any atom is 0.257 e. The van der Waals surface area contributed by atoms with Crippen LogP contribution in [0, 0.1) is 12.7 Å². The molecule has 0 radical (unpaired) electrons. The highest BCUT2D eigenvalue weighted by atomic mass is 79.9. The van der Waals surface area contributed by atoms with Gasteiger partial charge in [0.25, 0.3) is 5.91 Å². The number of hydrogen-bond donors (Lipinski definition) is 2. The normalized spacial score (nSPS) is 10.3. The van der Waals surface area contributed by atoms with Crippen LogP contribution in [0.5, 0.6) is 0 Å². The summed E-state index contributed by atoms with van der Waals surface area (Å²) in [6, 6.07) is 3.90. The fraction of sp³-hybridized carbons (Fsp3) is 0.0909. The lowest BCUT2D eigenvalue weighted by Crippen LogP contribution is -2.13. The number of benzene rings is 1. The zero-order valence-electron chi connectivity index (χ0n) is 8.92. The first kappa shape index (κ1) is 11.8. The lowest BCUT2D eigenvalue weighted by atomic mass is 10.2. The van der Waals surface area contributed by atoms with Gasteiger partial charge in [0.15, 0.2) is 0 Å². The van der Waals surface area contributed by atoms with Gasteiger partial charge in [0.05, 0.1) is 11.8 Å². The molecular formula is C11H9BrFN3O. The van der Waals surface area contributed by atoms with Crippen molar-refractivity contribution >= 4 is 27.7 Å². The van der Waals surface area contributed by atoms with Crippen LogP contribution >= 0.6 is 15.9 Å². The van der Waals surface area contributed by atoms with Crippen LogP contribution in [-0.2, 0) is 0 Å². The van der Waals surface area contributed by atoms with Crippen molar-refractivity contribution in [2.24, 2.45) is 0 Å². The smallest absolute Gasteiger partial charge is 0.257 e. The summed E-state index contributed by atoms with van der Waals surface area (Å²) >= 11 is 3.14. The Labute approximate surface area is 105 Å². The largest absolute Gasteiger partial charge is 0.307 e. The Morgan fingerprint density at radius 1 is 1.53 bits per heavy atom. The number of aromatic amines is 1. The highest BCUT2D eigenvalue weighted by Crippen LogP contribution is 2.19. The van der Waals surface area contributed by atoms with Crippen LogP contribution < -0.4 is 5.32 Å². The molecule has 1 aromatic carbocycles. The number of aromatic nitrogens is 2. The molecule has 2 N–H and O–H groups in total. The topological polar surface area (TPSA) is 57.8 Å². The van der Waals surface area contributed by atoms with Crippen LogP contribution in [0.2, 0.25) is 0 Å². The Kier molecular flexibility index (Phi) is 3.23. The predicted octanol–water partition coefficient (Wildman–Crippen LogP) is 2.87. The zero-order chi connectivity index (χ0) is 12.4. The number of aryl methyl sites for hydroxylation is 1. The highest BCUT2D eigenvalue weighted by Gasteiger charge is 2.12. The maximum atomic E-state index is 12.9. The summed E-state index contributed by atoms with van der Waals surface area (Å²) in [5.41, 5.74) is 1.19. The van der Waals surface area contributed by atoms with E-state index in [1.54, 1.807) is 6.20 Å². The minimum atomic E-state index is -0.397. The van der Waals surface area contributed by atoms with Gasteiger partial charge in [-0.3, -0.25) is 9.89 Å². The number of anilines is 1. The van der Waals surface area contributed by atoms with Crippen LogP contribution in [-0.4, -0.2) is 16.1 Å². The minimum Gasteiger partial charge on any atom is -0.307 e. The van der Waals surface area contributed by atoms with Crippen LogP contribution in [0.25, 0.3) is 0 Å². The van der Waals surface area contributed by atoms with E-state index in [2.05, 4.69) is 31.4 Å². The molecule has 0 unspecified atom stereocenters.